The molecular formula is C10H17P. The van der Waals surface area contributed by atoms with Gasteiger partial charge in [0.1, 0.15) is 0 Å². The minimum atomic E-state index is 1.26. The Labute approximate surface area is 72.2 Å². The van der Waals surface area contributed by atoms with Crippen molar-refractivity contribution >= 4 is 14.5 Å². The molecule has 0 nitrogen and oxygen atoms in total. The quantitative estimate of drug-likeness (QED) is 0.522. The van der Waals surface area contributed by atoms with E-state index in [-0.39, 0.29) is 0 Å². The molecule has 0 aliphatic carbocycles. The molecule has 0 aliphatic rings. The van der Waals surface area contributed by atoms with E-state index >= 15 is 0 Å². The van der Waals surface area contributed by atoms with Crippen LogP contribution in [0.4, 0.5) is 0 Å². The second kappa shape index (κ2) is 5.32. The van der Waals surface area contributed by atoms with Crippen LogP contribution in [0.3, 0.4) is 0 Å². The van der Waals surface area contributed by atoms with E-state index in [4.69, 9.17) is 0 Å². The third kappa shape index (κ3) is 3.53. The Morgan fingerprint density at radius 2 is 1.55 bits per heavy atom. The molecule has 1 rings (SSSR count). The highest BCUT2D eigenvalue weighted by atomic mass is 31.0. The van der Waals surface area contributed by atoms with Gasteiger partial charge in [0.25, 0.3) is 0 Å². The molecule has 0 N–H and O–H groups in total. The van der Waals surface area contributed by atoms with Gasteiger partial charge in [-0.2, -0.15) is 0 Å². The van der Waals surface area contributed by atoms with Gasteiger partial charge in [0, 0.05) is 0 Å². The largest absolute Gasteiger partial charge is 0.106 e. The van der Waals surface area contributed by atoms with Crippen molar-refractivity contribution in [1.82, 2.24) is 0 Å². The average molecular weight is 168 g/mol. The normalized spacial score (nSPS) is 8.45. The van der Waals surface area contributed by atoms with E-state index in [1.165, 1.54) is 16.4 Å². The number of aryl methyl sites for hydroxylation is 2. The lowest BCUT2D eigenvalue weighted by Crippen LogP contribution is -1.91. The summed E-state index contributed by atoms with van der Waals surface area (Å²) in [6.07, 6.45) is 0. The number of rotatable bonds is 0. The van der Waals surface area contributed by atoms with E-state index in [0.29, 0.717) is 0 Å². The van der Waals surface area contributed by atoms with Crippen molar-refractivity contribution in [2.75, 3.05) is 0 Å². The molecule has 0 amide bonds. The maximum atomic E-state index is 2.69. The molecule has 1 aromatic rings. The highest BCUT2D eigenvalue weighted by Crippen LogP contribution is 2.03. The molecular weight excluding hydrogens is 151 g/mol. The van der Waals surface area contributed by atoms with Gasteiger partial charge in [-0.3, -0.25) is 0 Å². The molecule has 0 saturated carbocycles. The zero-order valence-electron chi connectivity index (χ0n) is 7.81. The van der Waals surface area contributed by atoms with Crippen molar-refractivity contribution in [3.63, 3.8) is 0 Å². The minimum Gasteiger partial charge on any atom is -0.106 e. The van der Waals surface area contributed by atoms with Gasteiger partial charge in [0.2, 0.25) is 0 Å². The predicted molar refractivity (Wildman–Crippen MR) is 56.6 cm³/mol. The van der Waals surface area contributed by atoms with Crippen molar-refractivity contribution in [3.8, 4) is 0 Å². The molecule has 1 atom stereocenters. The molecule has 0 heterocycles. The summed E-state index contributed by atoms with van der Waals surface area (Å²) < 4.78 is 0. The third-order valence-electron chi connectivity index (χ3n) is 1.53. The molecule has 1 aromatic carbocycles. The van der Waals surface area contributed by atoms with Gasteiger partial charge >= 0.3 is 0 Å². The monoisotopic (exact) mass is 168 g/mol. The first-order chi connectivity index (χ1) is 5.20. The number of hydrogen-bond donors (Lipinski definition) is 0. The van der Waals surface area contributed by atoms with Gasteiger partial charge in [-0.15, -0.1) is 9.24 Å². The highest BCUT2D eigenvalue weighted by molar-refractivity contribution is 7.27. The molecule has 0 aromatic heterocycles. The number of benzene rings is 1. The topological polar surface area (TPSA) is 0 Å². The summed E-state index contributed by atoms with van der Waals surface area (Å²) in [6.45, 7) is 8.25. The Kier molecular flexibility index (Phi) is 5.15. The lowest BCUT2D eigenvalue weighted by molar-refractivity contribution is 1.35. The molecule has 0 bridgehead atoms. The van der Waals surface area contributed by atoms with Crippen molar-refractivity contribution in [2.45, 2.75) is 27.7 Å². The summed E-state index contributed by atoms with van der Waals surface area (Å²) in [5.41, 5.74) is 2.73. The Morgan fingerprint density at radius 3 is 1.91 bits per heavy atom. The highest BCUT2D eigenvalue weighted by Gasteiger charge is 1.89. The molecule has 11 heavy (non-hydrogen) atoms. The molecule has 0 radical (unpaired) electrons. The van der Waals surface area contributed by atoms with Crippen LogP contribution < -0.4 is 5.30 Å². The number of hydrogen-bond acceptors (Lipinski definition) is 0. The second-order valence-electron chi connectivity index (χ2n) is 2.34. The summed E-state index contributed by atoms with van der Waals surface area (Å²) in [5.74, 6) is 0. The Hall–Kier alpha value is -0.350. The van der Waals surface area contributed by atoms with Crippen molar-refractivity contribution in [3.05, 3.63) is 29.3 Å². The first-order valence-corrected chi connectivity index (χ1v) is 4.60. The van der Waals surface area contributed by atoms with Crippen LogP contribution >= 0.6 is 9.24 Å². The molecule has 0 spiro atoms. The first kappa shape index (κ1) is 10.7. The molecule has 1 unspecified atom stereocenters. The summed E-state index contributed by atoms with van der Waals surface area (Å²) in [4.78, 5) is 0. The summed E-state index contributed by atoms with van der Waals surface area (Å²) in [7, 11) is 2.69. The molecule has 0 saturated heterocycles. The molecule has 0 fully saturated rings. The molecule has 0 aliphatic heterocycles. The van der Waals surface area contributed by atoms with Crippen molar-refractivity contribution in [2.24, 2.45) is 0 Å². The van der Waals surface area contributed by atoms with Crippen molar-refractivity contribution < 1.29 is 0 Å². The fourth-order valence-corrected chi connectivity index (χ4v) is 1.11. The maximum absolute atomic E-state index is 2.69. The Bertz CT molecular complexity index is 216. The summed E-state index contributed by atoms with van der Waals surface area (Å²) in [6, 6.07) is 6.41. The Morgan fingerprint density at radius 1 is 1.00 bits per heavy atom. The minimum absolute atomic E-state index is 1.26. The van der Waals surface area contributed by atoms with Gasteiger partial charge in [-0.25, -0.2) is 0 Å². The van der Waals surface area contributed by atoms with Crippen molar-refractivity contribution in [1.29, 1.82) is 0 Å². The van der Waals surface area contributed by atoms with Crippen LogP contribution in [-0.2, 0) is 0 Å². The van der Waals surface area contributed by atoms with Gasteiger partial charge in [0.05, 0.1) is 0 Å². The van der Waals surface area contributed by atoms with Crippen LogP contribution in [0.25, 0.3) is 0 Å². The standard InChI is InChI=1S/C8H11P.C2H6/c1-6-3-4-8(9)5-7(6)2;1-2/h3-5H,9H2,1-2H3;1-2H3. The maximum Gasteiger partial charge on any atom is -0.0300 e. The average Bonchev–Trinajstić information content (AvgIpc) is 2.02. The van der Waals surface area contributed by atoms with Crippen LogP contribution in [0, 0.1) is 13.8 Å². The van der Waals surface area contributed by atoms with E-state index < -0.39 is 0 Å². The van der Waals surface area contributed by atoms with Crippen LogP contribution in [0.15, 0.2) is 18.2 Å². The van der Waals surface area contributed by atoms with Crippen LogP contribution in [0.5, 0.6) is 0 Å². The lowest BCUT2D eigenvalue weighted by Gasteiger charge is -1.98. The van der Waals surface area contributed by atoms with E-state index in [9.17, 15) is 0 Å². The predicted octanol–water partition coefficient (Wildman–Crippen LogP) is 2.83. The zero-order valence-corrected chi connectivity index (χ0v) is 8.96. The van der Waals surface area contributed by atoms with E-state index in [0.717, 1.165) is 0 Å². The molecule has 1 heteroatoms. The van der Waals surface area contributed by atoms with E-state index in [1.54, 1.807) is 0 Å². The fraction of sp³-hybridized carbons (Fsp3) is 0.400. The van der Waals surface area contributed by atoms with Gasteiger partial charge < -0.3 is 0 Å². The molecule has 62 valence electrons. The van der Waals surface area contributed by atoms with Crippen LogP contribution in [-0.4, -0.2) is 0 Å². The second-order valence-corrected chi connectivity index (χ2v) is 3.01. The van der Waals surface area contributed by atoms with Gasteiger partial charge in [0.15, 0.2) is 0 Å². The summed E-state index contributed by atoms with van der Waals surface area (Å²) in [5, 5.41) is 1.26. The fourth-order valence-electron chi connectivity index (χ4n) is 0.765. The third-order valence-corrected chi connectivity index (χ3v) is 1.89. The zero-order chi connectivity index (χ0) is 8.85. The van der Waals surface area contributed by atoms with Crippen LogP contribution in [0.1, 0.15) is 25.0 Å². The smallest absolute Gasteiger partial charge is 0.0300 e. The van der Waals surface area contributed by atoms with Gasteiger partial charge in [-0.1, -0.05) is 32.0 Å². The SMILES string of the molecule is CC.Cc1ccc(P)cc1C. The lowest BCUT2D eigenvalue weighted by atomic mass is 10.1. The van der Waals surface area contributed by atoms with Gasteiger partial charge in [-0.05, 0) is 30.3 Å². The Balaban J connectivity index is 0.000000461. The summed E-state index contributed by atoms with van der Waals surface area (Å²) >= 11 is 0. The van der Waals surface area contributed by atoms with Crippen LogP contribution in [0.2, 0.25) is 0 Å². The first-order valence-electron chi connectivity index (χ1n) is 4.03. The van der Waals surface area contributed by atoms with E-state index in [1.807, 2.05) is 13.8 Å². The van der Waals surface area contributed by atoms with E-state index in [2.05, 4.69) is 41.3 Å².